The van der Waals surface area contributed by atoms with Crippen molar-refractivity contribution in [3.05, 3.63) is 77.0 Å². The molecule has 6 heteroatoms. The Labute approximate surface area is 168 Å². The Bertz CT molecular complexity index is 1060. The molecule has 3 aliphatic heterocycles. The van der Waals surface area contributed by atoms with E-state index >= 15 is 0 Å². The van der Waals surface area contributed by atoms with E-state index in [4.69, 9.17) is 4.99 Å². The van der Waals surface area contributed by atoms with Gasteiger partial charge in [-0.25, -0.2) is 9.98 Å². The zero-order valence-electron chi connectivity index (χ0n) is 15.8. The predicted molar refractivity (Wildman–Crippen MR) is 112 cm³/mol. The van der Waals surface area contributed by atoms with Crippen molar-refractivity contribution in [3.8, 4) is 0 Å². The Morgan fingerprint density at radius 2 is 1.72 bits per heavy atom. The van der Waals surface area contributed by atoms with Gasteiger partial charge in [0.15, 0.2) is 0 Å². The highest BCUT2D eigenvalue weighted by Gasteiger charge is 2.35. The van der Waals surface area contributed by atoms with E-state index < -0.39 is 0 Å². The lowest BCUT2D eigenvalue weighted by Gasteiger charge is -2.20. The first-order chi connectivity index (χ1) is 14.2. The van der Waals surface area contributed by atoms with Crippen LogP contribution in [0.4, 0.5) is 5.69 Å². The van der Waals surface area contributed by atoms with Gasteiger partial charge in [0, 0.05) is 18.3 Å². The van der Waals surface area contributed by atoms with Crippen LogP contribution in [0.5, 0.6) is 0 Å². The number of benzene rings is 2. The van der Waals surface area contributed by atoms with E-state index in [1.165, 1.54) is 10.5 Å². The highest BCUT2D eigenvalue weighted by molar-refractivity contribution is 6.21. The first-order valence-electron chi connectivity index (χ1n) is 9.83. The van der Waals surface area contributed by atoms with Crippen molar-refractivity contribution in [2.75, 3.05) is 6.54 Å². The molecule has 0 aromatic heterocycles. The molecule has 0 radical (unpaired) electrons. The highest BCUT2D eigenvalue weighted by atomic mass is 16.2. The van der Waals surface area contributed by atoms with Gasteiger partial charge >= 0.3 is 0 Å². The monoisotopic (exact) mass is 384 g/mol. The van der Waals surface area contributed by atoms with Crippen LogP contribution < -0.4 is 5.32 Å². The first kappa shape index (κ1) is 17.6. The first-order valence-corrected chi connectivity index (χ1v) is 9.83. The number of amidine groups is 1. The molecule has 29 heavy (non-hydrogen) atoms. The van der Waals surface area contributed by atoms with Crippen LogP contribution in [0, 0.1) is 0 Å². The number of nitrogens with one attached hydrogen (secondary N) is 1. The van der Waals surface area contributed by atoms with Crippen LogP contribution in [0.15, 0.2) is 70.3 Å². The number of rotatable bonds is 4. The van der Waals surface area contributed by atoms with Crippen molar-refractivity contribution in [2.45, 2.75) is 25.2 Å². The molecule has 1 unspecified atom stereocenters. The predicted octanol–water partition coefficient (Wildman–Crippen LogP) is 3.80. The summed E-state index contributed by atoms with van der Waals surface area (Å²) in [6.07, 6.45) is 5.92. The Kier molecular flexibility index (Phi) is 4.31. The molecule has 3 aliphatic rings. The molecular formula is C23H20N4O2. The Hall–Kier alpha value is -3.54. The van der Waals surface area contributed by atoms with E-state index in [2.05, 4.69) is 16.4 Å². The van der Waals surface area contributed by atoms with Crippen molar-refractivity contribution in [2.24, 2.45) is 9.98 Å². The van der Waals surface area contributed by atoms with Crippen LogP contribution in [0.1, 0.15) is 51.5 Å². The van der Waals surface area contributed by atoms with Gasteiger partial charge in [-0.3, -0.25) is 14.5 Å². The molecular weight excluding hydrogens is 364 g/mol. The average molecular weight is 384 g/mol. The summed E-state index contributed by atoms with van der Waals surface area (Å²) in [6.45, 7) is 0.425. The summed E-state index contributed by atoms with van der Waals surface area (Å²) in [4.78, 5) is 35.5. The number of carbonyl (C=O) groups is 2. The summed E-state index contributed by atoms with van der Waals surface area (Å²) >= 11 is 0. The third kappa shape index (κ3) is 3.06. The maximum atomic E-state index is 12.6. The van der Waals surface area contributed by atoms with Crippen LogP contribution in [0.3, 0.4) is 0 Å². The van der Waals surface area contributed by atoms with Gasteiger partial charge in [0.05, 0.1) is 23.2 Å². The molecule has 0 saturated heterocycles. The number of carbonyl (C=O) groups excluding carboxylic acids is 2. The van der Waals surface area contributed by atoms with Crippen molar-refractivity contribution in [1.82, 2.24) is 10.2 Å². The third-order valence-corrected chi connectivity index (χ3v) is 5.70. The summed E-state index contributed by atoms with van der Waals surface area (Å²) in [7, 11) is 0. The van der Waals surface area contributed by atoms with E-state index in [0.717, 1.165) is 36.4 Å². The van der Waals surface area contributed by atoms with Crippen LogP contribution in [-0.2, 0) is 0 Å². The number of amides is 2. The zero-order chi connectivity index (χ0) is 19.8. The fraction of sp³-hybridized carbons (Fsp3) is 0.217. The molecule has 0 saturated carbocycles. The molecule has 0 aliphatic carbocycles. The number of hydrogen-bond acceptors (Lipinski definition) is 5. The second-order valence-corrected chi connectivity index (χ2v) is 7.45. The Morgan fingerprint density at radius 3 is 2.52 bits per heavy atom. The maximum Gasteiger partial charge on any atom is 0.261 e. The van der Waals surface area contributed by atoms with Gasteiger partial charge in [0.2, 0.25) is 0 Å². The van der Waals surface area contributed by atoms with E-state index in [-0.39, 0.29) is 17.7 Å². The fourth-order valence-electron chi connectivity index (χ4n) is 4.26. The summed E-state index contributed by atoms with van der Waals surface area (Å²) < 4.78 is 0. The minimum Gasteiger partial charge on any atom is -0.331 e. The third-order valence-electron chi connectivity index (χ3n) is 5.70. The summed E-state index contributed by atoms with van der Waals surface area (Å²) in [6, 6.07) is 15.2. The van der Waals surface area contributed by atoms with Gasteiger partial charge < -0.3 is 5.32 Å². The number of nitrogens with zero attached hydrogens (tertiary/aromatic N) is 3. The number of imide groups is 1. The molecule has 6 nitrogen and oxygen atoms in total. The number of aliphatic imine (C=N–C) groups is 2. The lowest BCUT2D eigenvalue weighted by Crippen LogP contribution is -2.31. The van der Waals surface area contributed by atoms with E-state index in [9.17, 15) is 9.59 Å². The van der Waals surface area contributed by atoms with Crippen molar-refractivity contribution >= 4 is 29.7 Å². The molecule has 2 aromatic carbocycles. The van der Waals surface area contributed by atoms with Crippen LogP contribution in [0.2, 0.25) is 0 Å². The number of fused-ring (bicyclic) bond motifs is 3. The normalized spacial score (nSPS) is 19.6. The molecule has 2 aromatic rings. The van der Waals surface area contributed by atoms with Gasteiger partial charge in [-0.15, -0.1) is 0 Å². The smallest absolute Gasteiger partial charge is 0.261 e. The fourth-order valence-corrected chi connectivity index (χ4v) is 4.26. The minimum absolute atomic E-state index is 0.189. The standard InChI is InChI=1S/C23H20N4O2/c28-22-18-8-1-2-9-19(18)23(29)27(22)11-5-6-15-12-16-13-24-14-25-21(16)26-20-10-4-3-7-17(15)20/h1-4,7-10,13-15H,5-6,11-12H2,(H,24,25,26). The molecule has 1 N–H and O–H groups in total. The summed E-state index contributed by atoms with van der Waals surface area (Å²) in [5.74, 6) is 0.719. The zero-order valence-corrected chi connectivity index (χ0v) is 15.8. The van der Waals surface area contributed by atoms with Crippen molar-refractivity contribution in [3.63, 3.8) is 0 Å². The van der Waals surface area contributed by atoms with Crippen LogP contribution >= 0.6 is 0 Å². The molecule has 0 fully saturated rings. The van der Waals surface area contributed by atoms with Gasteiger partial charge in [0.1, 0.15) is 5.84 Å². The van der Waals surface area contributed by atoms with Gasteiger partial charge in [-0.1, -0.05) is 30.3 Å². The van der Waals surface area contributed by atoms with Crippen molar-refractivity contribution < 1.29 is 9.59 Å². The lowest BCUT2D eigenvalue weighted by atomic mass is 9.88. The van der Waals surface area contributed by atoms with Crippen molar-refractivity contribution in [1.29, 1.82) is 0 Å². The number of hydrogen-bond donors (Lipinski definition) is 1. The van der Waals surface area contributed by atoms with Gasteiger partial charge in [0.25, 0.3) is 11.8 Å². The van der Waals surface area contributed by atoms with Crippen LogP contribution in [0.25, 0.3) is 0 Å². The molecule has 2 amide bonds. The average Bonchev–Trinajstić information content (AvgIpc) is 2.90. The molecule has 0 bridgehead atoms. The van der Waals surface area contributed by atoms with E-state index in [1.54, 1.807) is 30.6 Å². The second-order valence-electron chi connectivity index (χ2n) is 7.45. The molecule has 1 atom stereocenters. The minimum atomic E-state index is -0.189. The van der Waals surface area contributed by atoms with Gasteiger partial charge in [-0.05, 0) is 48.9 Å². The SMILES string of the molecule is O=C1c2ccccc2C(=O)N1CCCC1CC2=CN=CNC2=Nc2ccccc21. The molecule has 0 spiro atoms. The topological polar surface area (TPSA) is 74.1 Å². The molecule has 144 valence electrons. The highest BCUT2D eigenvalue weighted by Crippen LogP contribution is 2.38. The summed E-state index contributed by atoms with van der Waals surface area (Å²) in [5.41, 5.74) is 4.24. The number of para-hydroxylation sites is 1. The quantitative estimate of drug-likeness (QED) is 0.815. The van der Waals surface area contributed by atoms with Gasteiger partial charge in [-0.2, -0.15) is 0 Å². The molecule has 3 heterocycles. The molecule has 5 rings (SSSR count). The van der Waals surface area contributed by atoms with E-state index in [1.807, 2.05) is 24.4 Å². The second kappa shape index (κ2) is 7.13. The Morgan fingerprint density at radius 1 is 1.00 bits per heavy atom. The summed E-state index contributed by atoms with van der Waals surface area (Å²) in [5, 5.41) is 3.14. The largest absolute Gasteiger partial charge is 0.331 e. The maximum absolute atomic E-state index is 12.6. The Balaban J connectivity index is 1.33. The lowest BCUT2D eigenvalue weighted by molar-refractivity contribution is 0.0651. The van der Waals surface area contributed by atoms with Crippen LogP contribution in [-0.4, -0.2) is 35.4 Å². The van der Waals surface area contributed by atoms with E-state index in [0.29, 0.717) is 17.7 Å².